The molecule has 5 heteroatoms. The molecule has 0 saturated carbocycles. The molecular weight excluding hydrogens is 218 g/mol. The molecule has 0 aromatic carbocycles. The van der Waals surface area contributed by atoms with Crippen molar-refractivity contribution in [1.29, 1.82) is 0 Å². The molecule has 0 bridgehead atoms. The van der Waals surface area contributed by atoms with Gasteiger partial charge in [0.1, 0.15) is 0 Å². The molecule has 0 aromatic rings. The molecule has 3 fully saturated rings. The summed E-state index contributed by atoms with van der Waals surface area (Å²) in [5, 5.41) is 5.93. The third-order valence-electron chi connectivity index (χ3n) is 4.25. The summed E-state index contributed by atoms with van der Waals surface area (Å²) in [5.74, 6) is -0.218. The van der Waals surface area contributed by atoms with E-state index < -0.39 is 0 Å². The summed E-state index contributed by atoms with van der Waals surface area (Å²) in [6, 6.07) is 0.748. The highest BCUT2D eigenvalue weighted by Gasteiger charge is 2.43. The maximum Gasteiger partial charge on any atom is 0.244 e. The lowest BCUT2D eigenvalue weighted by molar-refractivity contribution is -0.126. The number of likely N-dealkylation sites (tertiary alicyclic amines) is 1. The highest BCUT2D eigenvalue weighted by Crippen LogP contribution is 2.28. The van der Waals surface area contributed by atoms with Gasteiger partial charge in [0.25, 0.3) is 0 Å². The summed E-state index contributed by atoms with van der Waals surface area (Å²) < 4.78 is 0. The zero-order valence-electron chi connectivity index (χ0n) is 9.95. The lowest BCUT2D eigenvalue weighted by atomic mass is 10.0. The summed E-state index contributed by atoms with van der Waals surface area (Å²) in [5.41, 5.74) is 0. The number of imide groups is 1. The molecule has 3 aliphatic heterocycles. The Bertz CT molecular complexity index is 339. The average molecular weight is 237 g/mol. The third-order valence-corrected chi connectivity index (χ3v) is 4.25. The van der Waals surface area contributed by atoms with Crippen molar-refractivity contribution in [3.05, 3.63) is 0 Å². The van der Waals surface area contributed by atoms with Crippen molar-refractivity contribution < 1.29 is 9.59 Å². The van der Waals surface area contributed by atoms with Crippen LogP contribution >= 0.6 is 0 Å². The van der Waals surface area contributed by atoms with E-state index in [4.69, 9.17) is 0 Å². The van der Waals surface area contributed by atoms with Crippen LogP contribution in [0.5, 0.6) is 0 Å². The van der Waals surface area contributed by atoms with Crippen LogP contribution in [0.15, 0.2) is 0 Å². The van der Waals surface area contributed by atoms with E-state index in [0.717, 1.165) is 25.9 Å². The van der Waals surface area contributed by atoms with E-state index in [2.05, 4.69) is 15.5 Å². The molecule has 3 aliphatic rings. The minimum Gasteiger partial charge on any atom is -0.312 e. The molecule has 3 heterocycles. The summed E-state index contributed by atoms with van der Waals surface area (Å²) in [7, 11) is 0. The Hall–Kier alpha value is -0.940. The minimum atomic E-state index is -0.211. The zero-order valence-corrected chi connectivity index (χ0v) is 9.95. The third kappa shape index (κ3) is 1.98. The first-order valence-corrected chi connectivity index (χ1v) is 6.58. The van der Waals surface area contributed by atoms with Crippen molar-refractivity contribution in [3.63, 3.8) is 0 Å². The van der Waals surface area contributed by atoms with Gasteiger partial charge in [-0.3, -0.25) is 19.8 Å². The quantitative estimate of drug-likeness (QED) is 0.643. The second-order valence-electron chi connectivity index (χ2n) is 5.28. The van der Waals surface area contributed by atoms with Crippen LogP contribution in [0.1, 0.15) is 32.1 Å². The first-order chi connectivity index (χ1) is 8.25. The second-order valence-corrected chi connectivity index (χ2v) is 5.28. The molecule has 17 heavy (non-hydrogen) atoms. The second kappa shape index (κ2) is 4.38. The van der Waals surface area contributed by atoms with E-state index in [1.165, 1.54) is 12.8 Å². The normalized spacial score (nSPS) is 38.9. The molecule has 2 N–H and O–H groups in total. The van der Waals surface area contributed by atoms with E-state index in [1.807, 2.05) is 0 Å². The Balaban J connectivity index is 1.72. The van der Waals surface area contributed by atoms with Crippen LogP contribution < -0.4 is 10.6 Å². The highest BCUT2D eigenvalue weighted by atomic mass is 16.2. The molecule has 2 amide bonds. The molecule has 0 aliphatic carbocycles. The van der Waals surface area contributed by atoms with Gasteiger partial charge in [-0.25, -0.2) is 0 Å². The van der Waals surface area contributed by atoms with Gasteiger partial charge in [0, 0.05) is 12.1 Å². The Morgan fingerprint density at radius 3 is 2.71 bits per heavy atom. The number of nitrogens with zero attached hydrogens (tertiary/aromatic N) is 1. The fourth-order valence-corrected chi connectivity index (χ4v) is 3.48. The number of hydrogen-bond acceptors (Lipinski definition) is 4. The maximum absolute atomic E-state index is 11.7. The van der Waals surface area contributed by atoms with Crippen LogP contribution in [0.3, 0.4) is 0 Å². The van der Waals surface area contributed by atoms with Crippen LogP contribution in [0, 0.1) is 0 Å². The standard InChI is InChI=1S/C12H19N3O2/c16-11-7-10(12(17)14-11)15-6-2-4-9(15)8-3-1-5-13-8/h8-10,13H,1-7H2,(H,14,16,17). The van der Waals surface area contributed by atoms with Crippen molar-refractivity contribution in [1.82, 2.24) is 15.5 Å². The van der Waals surface area contributed by atoms with Gasteiger partial charge in [0.15, 0.2) is 0 Å². The van der Waals surface area contributed by atoms with Gasteiger partial charge in [-0.05, 0) is 38.8 Å². The lowest BCUT2D eigenvalue weighted by Crippen LogP contribution is -2.50. The summed E-state index contributed by atoms with van der Waals surface area (Å²) in [6.45, 7) is 2.04. The molecule has 0 spiro atoms. The van der Waals surface area contributed by atoms with Gasteiger partial charge in [0.05, 0.1) is 12.5 Å². The fourth-order valence-electron chi connectivity index (χ4n) is 3.48. The van der Waals surface area contributed by atoms with Crippen molar-refractivity contribution in [2.45, 2.75) is 50.2 Å². The van der Waals surface area contributed by atoms with Crippen LogP contribution in [0.25, 0.3) is 0 Å². The van der Waals surface area contributed by atoms with E-state index in [0.29, 0.717) is 18.5 Å². The fraction of sp³-hybridized carbons (Fsp3) is 0.833. The molecule has 0 radical (unpaired) electrons. The van der Waals surface area contributed by atoms with Gasteiger partial charge in [-0.2, -0.15) is 0 Å². The first-order valence-electron chi connectivity index (χ1n) is 6.58. The van der Waals surface area contributed by atoms with E-state index in [1.54, 1.807) is 0 Å². The molecule has 0 aromatic heterocycles. The smallest absolute Gasteiger partial charge is 0.244 e. The van der Waals surface area contributed by atoms with E-state index in [-0.39, 0.29) is 17.9 Å². The molecule has 3 atom stereocenters. The maximum atomic E-state index is 11.7. The van der Waals surface area contributed by atoms with Crippen molar-refractivity contribution in [2.24, 2.45) is 0 Å². The predicted molar refractivity (Wildman–Crippen MR) is 62.3 cm³/mol. The van der Waals surface area contributed by atoms with Crippen LogP contribution in [-0.4, -0.2) is 47.9 Å². The van der Waals surface area contributed by atoms with Gasteiger partial charge >= 0.3 is 0 Å². The Morgan fingerprint density at radius 1 is 1.18 bits per heavy atom. The average Bonchev–Trinajstić information content (AvgIpc) is 2.97. The van der Waals surface area contributed by atoms with Crippen LogP contribution in [-0.2, 0) is 9.59 Å². The number of amides is 2. The van der Waals surface area contributed by atoms with Crippen LogP contribution in [0.2, 0.25) is 0 Å². The minimum absolute atomic E-state index is 0.0973. The Morgan fingerprint density at radius 2 is 2.06 bits per heavy atom. The van der Waals surface area contributed by atoms with Gasteiger partial charge < -0.3 is 5.32 Å². The zero-order chi connectivity index (χ0) is 11.8. The molecule has 5 nitrogen and oxygen atoms in total. The summed E-state index contributed by atoms with van der Waals surface area (Å²) in [6.07, 6.45) is 5.06. The Labute approximate surface area is 101 Å². The predicted octanol–water partition coefficient (Wildman–Crippen LogP) is -0.382. The number of hydrogen-bond donors (Lipinski definition) is 2. The van der Waals surface area contributed by atoms with Gasteiger partial charge in [0.2, 0.25) is 11.8 Å². The number of carbonyl (C=O) groups excluding carboxylic acids is 2. The van der Waals surface area contributed by atoms with Gasteiger partial charge in [-0.15, -0.1) is 0 Å². The van der Waals surface area contributed by atoms with Gasteiger partial charge in [-0.1, -0.05) is 0 Å². The number of carbonyl (C=O) groups is 2. The first kappa shape index (κ1) is 11.2. The number of nitrogens with one attached hydrogen (secondary N) is 2. The van der Waals surface area contributed by atoms with E-state index in [9.17, 15) is 9.59 Å². The topological polar surface area (TPSA) is 61.4 Å². The van der Waals surface area contributed by atoms with Crippen molar-refractivity contribution in [3.8, 4) is 0 Å². The summed E-state index contributed by atoms with van der Waals surface area (Å²) >= 11 is 0. The van der Waals surface area contributed by atoms with E-state index >= 15 is 0 Å². The molecule has 3 saturated heterocycles. The summed E-state index contributed by atoms with van der Waals surface area (Å²) in [4.78, 5) is 25.3. The lowest BCUT2D eigenvalue weighted by Gasteiger charge is -2.32. The van der Waals surface area contributed by atoms with Crippen LogP contribution in [0.4, 0.5) is 0 Å². The molecule has 3 rings (SSSR count). The van der Waals surface area contributed by atoms with Crippen molar-refractivity contribution in [2.75, 3.05) is 13.1 Å². The molecule has 3 unspecified atom stereocenters. The SMILES string of the molecule is O=C1CC(N2CCCC2C2CCCN2)C(=O)N1. The monoisotopic (exact) mass is 237 g/mol. The molecule has 94 valence electrons. The highest BCUT2D eigenvalue weighted by molar-refractivity contribution is 6.05. The Kier molecular flexibility index (Phi) is 2.88. The molecular formula is C12H19N3O2. The number of rotatable bonds is 2. The largest absolute Gasteiger partial charge is 0.312 e. The van der Waals surface area contributed by atoms with Crippen molar-refractivity contribution >= 4 is 11.8 Å².